The highest BCUT2D eigenvalue weighted by Gasteiger charge is 2.32. The minimum atomic E-state index is -4.11. The summed E-state index contributed by atoms with van der Waals surface area (Å²) in [5.41, 5.74) is 0.927. The Morgan fingerprint density at radius 1 is 0.947 bits per heavy atom. The lowest BCUT2D eigenvalue weighted by Gasteiger charge is -2.32. The van der Waals surface area contributed by atoms with Gasteiger partial charge in [-0.15, -0.1) is 0 Å². The summed E-state index contributed by atoms with van der Waals surface area (Å²) >= 11 is 2.12. The molecule has 7 nitrogen and oxygen atoms in total. The number of nitrogens with zero attached hydrogens (tertiary/aromatic N) is 2. The molecule has 202 valence electrons. The Labute approximate surface area is 237 Å². The zero-order chi connectivity index (χ0) is 27.9. The molecule has 3 aromatic rings. The fourth-order valence-corrected chi connectivity index (χ4v) is 5.49. The van der Waals surface area contributed by atoms with Crippen molar-refractivity contribution in [3.8, 4) is 0 Å². The highest BCUT2D eigenvalue weighted by Crippen LogP contribution is 2.25. The maximum atomic E-state index is 13.8. The first kappa shape index (κ1) is 29.6. The Bertz CT molecular complexity index is 1340. The standard InChI is InChI=1S/C28H31FIN3O4S/c1-4-20(2)31-28(35)21(3)32(18-22-10-12-23(29)13-11-22)27(34)19-33(25-16-14-24(30)15-17-25)38(36,37)26-8-6-5-7-9-26/h5-17,20-21H,4,18-19H2,1-3H3,(H,31,35)/t20-,21+/m1/s1. The number of nitrogens with one attached hydrogen (secondary N) is 1. The van der Waals surface area contributed by atoms with E-state index >= 15 is 0 Å². The Hall–Kier alpha value is -2.99. The molecule has 0 saturated heterocycles. The monoisotopic (exact) mass is 651 g/mol. The lowest BCUT2D eigenvalue weighted by atomic mass is 10.1. The van der Waals surface area contributed by atoms with Crippen LogP contribution in [0.25, 0.3) is 0 Å². The van der Waals surface area contributed by atoms with Crippen LogP contribution in [-0.4, -0.2) is 43.8 Å². The van der Waals surface area contributed by atoms with Gasteiger partial charge in [0.05, 0.1) is 10.6 Å². The van der Waals surface area contributed by atoms with E-state index in [1.54, 1.807) is 49.4 Å². The molecule has 0 bridgehead atoms. The van der Waals surface area contributed by atoms with Gasteiger partial charge in [-0.05, 0) is 97.0 Å². The van der Waals surface area contributed by atoms with Crippen LogP contribution < -0.4 is 9.62 Å². The second kappa shape index (κ2) is 13.2. The fraction of sp³-hybridized carbons (Fsp3) is 0.286. The van der Waals surface area contributed by atoms with E-state index in [4.69, 9.17) is 0 Å². The first-order valence-corrected chi connectivity index (χ1v) is 14.7. The van der Waals surface area contributed by atoms with Crippen molar-refractivity contribution in [1.82, 2.24) is 10.2 Å². The summed E-state index contributed by atoms with van der Waals surface area (Å²) in [6, 6.07) is 19.3. The quantitative estimate of drug-likeness (QED) is 0.297. The van der Waals surface area contributed by atoms with Crippen LogP contribution in [0.15, 0.2) is 83.8 Å². The molecule has 38 heavy (non-hydrogen) atoms. The van der Waals surface area contributed by atoms with Crippen molar-refractivity contribution in [2.75, 3.05) is 10.8 Å². The number of sulfonamides is 1. The van der Waals surface area contributed by atoms with Crippen molar-refractivity contribution in [1.29, 1.82) is 0 Å². The topological polar surface area (TPSA) is 86.8 Å². The van der Waals surface area contributed by atoms with Crippen molar-refractivity contribution >= 4 is 50.1 Å². The van der Waals surface area contributed by atoms with Gasteiger partial charge in [-0.1, -0.05) is 37.3 Å². The SMILES string of the molecule is CC[C@@H](C)NC(=O)[C@H](C)N(Cc1ccc(F)cc1)C(=O)CN(c1ccc(I)cc1)S(=O)(=O)c1ccccc1. The van der Waals surface area contributed by atoms with Crippen molar-refractivity contribution in [3.63, 3.8) is 0 Å². The number of hydrogen-bond donors (Lipinski definition) is 1. The van der Waals surface area contributed by atoms with E-state index in [0.29, 0.717) is 17.7 Å². The first-order chi connectivity index (χ1) is 18.0. The van der Waals surface area contributed by atoms with Crippen LogP contribution >= 0.6 is 22.6 Å². The molecule has 2 atom stereocenters. The van der Waals surface area contributed by atoms with Crippen LogP contribution in [0.5, 0.6) is 0 Å². The number of halogens is 2. The van der Waals surface area contributed by atoms with E-state index in [1.807, 2.05) is 13.8 Å². The van der Waals surface area contributed by atoms with Crippen LogP contribution in [0.4, 0.5) is 10.1 Å². The molecule has 0 aliphatic rings. The van der Waals surface area contributed by atoms with Gasteiger partial charge in [-0.3, -0.25) is 13.9 Å². The summed E-state index contributed by atoms with van der Waals surface area (Å²) in [4.78, 5) is 28.2. The molecule has 0 aromatic heterocycles. The number of rotatable bonds is 11. The van der Waals surface area contributed by atoms with E-state index < -0.39 is 34.3 Å². The molecule has 2 amide bonds. The summed E-state index contributed by atoms with van der Waals surface area (Å²) in [5, 5.41) is 2.88. The van der Waals surface area contributed by atoms with Crippen LogP contribution in [0.3, 0.4) is 0 Å². The van der Waals surface area contributed by atoms with Crippen molar-refractivity contribution in [3.05, 3.63) is 93.8 Å². The highest BCUT2D eigenvalue weighted by atomic mass is 127. The second-order valence-corrected chi connectivity index (χ2v) is 12.1. The number of carbonyl (C=O) groups is 2. The van der Waals surface area contributed by atoms with Gasteiger partial charge in [0.2, 0.25) is 11.8 Å². The Kier molecular flexibility index (Phi) is 10.3. The van der Waals surface area contributed by atoms with Crippen LogP contribution in [0.1, 0.15) is 32.8 Å². The van der Waals surface area contributed by atoms with Gasteiger partial charge in [0.25, 0.3) is 10.0 Å². The largest absolute Gasteiger partial charge is 0.352 e. The molecule has 0 aliphatic heterocycles. The summed E-state index contributed by atoms with van der Waals surface area (Å²) < 4.78 is 42.9. The number of amides is 2. The third kappa shape index (κ3) is 7.53. The lowest BCUT2D eigenvalue weighted by molar-refractivity contribution is -0.139. The van der Waals surface area contributed by atoms with Gasteiger partial charge in [0.15, 0.2) is 0 Å². The molecule has 0 aliphatic carbocycles. The second-order valence-electron chi connectivity index (χ2n) is 8.94. The maximum Gasteiger partial charge on any atom is 0.264 e. The summed E-state index contributed by atoms with van der Waals surface area (Å²) in [5.74, 6) is -1.35. The third-order valence-electron chi connectivity index (χ3n) is 6.16. The summed E-state index contributed by atoms with van der Waals surface area (Å²) in [6.07, 6.45) is 0.709. The third-order valence-corrected chi connectivity index (χ3v) is 8.67. The number of anilines is 1. The Morgan fingerprint density at radius 3 is 2.13 bits per heavy atom. The van der Waals surface area contributed by atoms with Gasteiger partial charge in [-0.25, -0.2) is 12.8 Å². The van der Waals surface area contributed by atoms with Gasteiger partial charge in [0.1, 0.15) is 18.4 Å². The van der Waals surface area contributed by atoms with E-state index in [-0.39, 0.29) is 23.4 Å². The van der Waals surface area contributed by atoms with E-state index in [2.05, 4.69) is 27.9 Å². The van der Waals surface area contributed by atoms with Crippen molar-refractivity contribution < 1.29 is 22.4 Å². The number of carbonyl (C=O) groups excluding carboxylic acids is 2. The van der Waals surface area contributed by atoms with Crippen molar-refractivity contribution in [2.45, 2.75) is 50.7 Å². The summed E-state index contributed by atoms with van der Waals surface area (Å²) in [6.45, 7) is 4.87. The molecule has 0 unspecified atom stereocenters. The van der Waals surface area contributed by atoms with E-state index in [1.165, 1.54) is 41.3 Å². The average molecular weight is 652 g/mol. The molecule has 0 radical (unpaired) electrons. The molecule has 10 heteroatoms. The van der Waals surface area contributed by atoms with Gasteiger partial charge in [0, 0.05) is 16.2 Å². The lowest BCUT2D eigenvalue weighted by Crippen LogP contribution is -2.52. The molecule has 0 heterocycles. The van der Waals surface area contributed by atoms with Crippen molar-refractivity contribution in [2.24, 2.45) is 0 Å². The van der Waals surface area contributed by atoms with Crippen LogP contribution in [0.2, 0.25) is 0 Å². The number of hydrogen-bond acceptors (Lipinski definition) is 4. The van der Waals surface area contributed by atoms with E-state index in [9.17, 15) is 22.4 Å². The maximum absolute atomic E-state index is 13.8. The molecule has 3 aromatic carbocycles. The predicted octanol–water partition coefficient (Wildman–Crippen LogP) is 4.96. The zero-order valence-electron chi connectivity index (χ0n) is 21.5. The van der Waals surface area contributed by atoms with Gasteiger partial charge in [-0.2, -0.15) is 0 Å². The van der Waals surface area contributed by atoms with Gasteiger partial charge >= 0.3 is 0 Å². The summed E-state index contributed by atoms with van der Waals surface area (Å²) in [7, 11) is -4.11. The molecule has 0 fully saturated rings. The highest BCUT2D eigenvalue weighted by molar-refractivity contribution is 14.1. The predicted molar refractivity (Wildman–Crippen MR) is 154 cm³/mol. The minimum Gasteiger partial charge on any atom is -0.352 e. The zero-order valence-corrected chi connectivity index (χ0v) is 24.4. The molecule has 3 rings (SSSR count). The molecule has 0 saturated carbocycles. The van der Waals surface area contributed by atoms with Crippen LogP contribution in [-0.2, 0) is 26.2 Å². The first-order valence-electron chi connectivity index (χ1n) is 12.2. The number of benzene rings is 3. The van der Waals surface area contributed by atoms with Gasteiger partial charge < -0.3 is 10.2 Å². The van der Waals surface area contributed by atoms with Crippen LogP contribution in [0, 0.1) is 9.39 Å². The minimum absolute atomic E-state index is 0.000118. The Balaban J connectivity index is 2.00. The smallest absolute Gasteiger partial charge is 0.264 e. The average Bonchev–Trinajstić information content (AvgIpc) is 2.91. The normalized spacial score (nSPS) is 12.9. The Morgan fingerprint density at radius 2 is 1.55 bits per heavy atom. The fourth-order valence-electron chi connectivity index (χ4n) is 3.69. The molecule has 1 N–H and O–H groups in total. The van der Waals surface area contributed by atoms with E-state index in [0.717, 1.165) is 7.88 Å². The molecular weight excluding hydrogens is 620 g/mol. The molecular formula is C28H31FIN3O4S. The molecule has 0 spiro atoms.